The quantitative estimate of drug-likeness (QED) is 0.847. The molecule has 0 spiro atoms. The maximum Gasteiger partial charge on any atom is 0.374 e. The van der Waals surface area contributed by atoms with Crippen LogP contribution in [0.1, 0.15) is 42.6 Å². The number of carboxylic acids is 1. The lowest BCUT2D eigenvalue weighted by Crippen LogP contribution is -2.14. The van der Waals surface area contributed by atoms with E-state index in [1.807, 2.05) is 0 Å². The first kappa shape index (κ1) is 14.8. The molecule has 5 nitrogen and oxygen atoms in total. The zero-order valence-corrected chi connectivity index (χ0v) is 12.0. The molecule has 2 aromatic rings. The minimum absolute atomic E-state index is 0.103. The topological polar surface area (TPSA) is 83.6 Å². The van der Waals surface area contributed by atoms with Crippen molar-refractivity contribution >= 4 is 5.97 Å². The van der Waals surface area contributed by atoms with E-state index in [1.54, 1.807) is 45.0 Å². The summed E-state index contributed by atoms with van der Waals surface area (Å²) in [7, 11) is 0. The fraction of sp³-hybridized carbons (Fsp3) is 0.250. The molecule has 0 radical (unpaired) electrons. The van der Waals surface area contributed by atoms with Crippen LogP contribution in [0, 0.1) is 11.8 Å². The van der Waals surface area contributed by atoms with Crippen LogP contribution in [-0.2, 0) is 5.60 Å². The van der Waals surface area contributed by atoms with Crippen molar-refractivity contribution in [3.8, 4) is 23.3 Å². The van der Waals surface area contributed by atoms with Gasteiger partial charge in [0.2, 0.25) is 11.7 Å². The van der Waals surface area contributed by atoms with Gasteiger partial charge in [0, 0.05) is 5.56 Å². The lowest BCUT2D eigenvalue weighted by Gasteiger charge is -2.17. The highest BCUT2D eigenvalue weighted by molar-refractivity contribution is 5.87. The van der Waals surface area contributed by atoms with Crippen molar-refractivity contribution in [2.45, 2.75) is 26.4 Å². The Morgan fingerprint density at radius 1 is 1.29 bits per heavy atom. The van der Waals surface area contributed by atoms with E-state index >= 15 is 0 Å². The van der Waals surface area contributed by atoms with Crippen molar-refractivity contribution in [1.82, 2.24) is 4.98 Å². The maximum atomic E-state index is 11.1. The summed E-state index contributed by atoms with van der Waals surface area (Å²) >= 11 is 0. The number of nitrogens with zero attached hydrogens (tertiary/aromatic N) is 1. The number of hydrogen-bond donors (Lipinski definition) is 2. The predicted octanol–water partition coefficient (Wildman–Crippen LogP) is 2.64. The van der Waals surface area contributed by atoms with Crippen LogP contribution >= 0.6 is 0 Å². The Hall–Kier alpha value is -2.58. The molecule has 0 aliphatic carbocycles. The van der Waals surface area contributed by atoms with E-state index in [0.717, 1.165) is 5.56 Å². The van der Waals surface area contributed by atoms with Crippen molar-refractivity contribution < 1.29 is 19.4 Å². The zero-order valence-electron chi connectivity index (χ0n) is 12.0. The highest BCUT2D eigenvalue weighted by Crippen LogP contribution is 2.25. The van der Waals surface area contributed by atoms with Gasteiger partial charge in [-0.1, -0.05) is 18.1 Å². The monoisotopic (exact) mass is 285 g/mol. The second-order valence-corrected chi connectivity index (χ2v) is 5.01. The van der Waals surface area contributed by atoms with E-state index in [1.165, 1.54) is 0 Å². The van der Waals surface area contributed by atoms with E-state index < -0.39 is 11.6 Å². The van der Waals surface area contributed by atoms with Gasteiger partial charge in [0.15, 0.2) is 5.69 Å². The average Bonchev–Trinajstić information content (AvgIpc) is 2.82. The van der Waals surface area contributed by atoms with Crippen LogP contribution in [0.4, 0.5) is 0 Å². The number of benzene rings is 1. The summed E-state index contributed by atoms with van der Waals surface area (Å²) in [6.45, 7) is 4.97. The smallest absolute Gasteiger partial charge is 0.374 e. The van der Waals surface area contributed by atoms with Crippen LogP contribution in [-0.4, -0.2) is 21.2 Å². The number of carbonyl (C=O) groups is 1. The Balaban J connectivity index is 2.44. The van der Waals surface area contributed by atoms with E-state index in [-0.39, 0.29) is 17.3 Å². The van der Waals surface area contributed by atoms with Crippen molar-refractivity contribution in [1.29, 1.82) is 0 Å². The molecule has 0 amide bonds. The number of aromatic nitrogens is 1. The molecule has 5 heteroatoms. The van der Waals surface area contributed by atoms with Crippen molar-refractivity contribution in [3.05, 3.63) is 41.3 Å². The van der Waals surface area contributed by atoms with Crippen molar-refractivity contribution in [3.63, 3.8) is 0 Å². The summed E-state index contributed by atoms with van der Waals surface area (Å²) in [5.41, 5.74) is 0.520. The maximum absolute atomic E-state index is 11.1. The molecule has 0 aliphatic heterocycles. The van der Waals surface area contributed by atoms with Crippen LogP contribution in [0.15, 0.2) is 28.7 Å². The molecule has 0 bridgehead atoms. The molecule has 21 heavy (non-hydrogen) atoms. The molecule has 0 saturated heterocycles. The fourth-order valence-corrected chi connectivity index (χ4v) is 1.81. The number of aromatic carboxylic acids is 1. The van der Waals surface area contributed by atoms with Gasteiger partial charge in [-0.05, 0) is 44.4 Å². The van der Waals surface area contributed by atoms with Gasteiger partial charge in [-0.15, -0.1) is 0 Å². The van der Waals surface area contributed by atoms with Crippen LogP contribution in [0.5, 0.6) is 0 Å². The molecule has 0 unspecified atom stereocenters. The summed E-state index contributed by atoms with van der Waals surface area (Å²) in [5, 5.41) is 19.0. The highest BCUT2D eigenvalue weighted by atomic mass is 16.4. The standard InChI is InChI=1S/C16H15NO4/c1-4-5-12-13(15(18)19)21-14(17-12)10-6-8-11(9-7-10)16(2,3)20/h6-9,20H,1-3H3,(H,18,19). The molecular weight excluding hydrogens is 270 g/mol. The minimum atomic E-state index is -1.21. The molecular formula is C16H15NO4. The molecule has 1 heterocycles. The second-order valence-electron chi connectivity index (χ2n) is 5.01. The lowest BCUT2D eigenvalue weighted by atomic mass is 9.97. The number of aliphatic hydroxyl groups is 1. The Kier molecular flexibility index (Phi) is 3.83. The van der Waals surface area contributed by atoms with E-state index in [9.17, 15) is 9.90 Å². The molecule has 2 N–H and O–H groups in total. The van der Waals surface area contributed by atoms with Crippen LogP contribution in [0.2, 0.25) is 0 Å². The molecule has 1 aromatic carbocycles. The Morgan fingerprint density at radius 3 is 2.38 bits per heavy atom. The lowest BCUT2D eigenvalue weighted by molar-refractivity contribution is 0.0662. The first-order valence-corrected chi connectivity index (χ1v) is 6.33. The van der Waals surface area contributed by atoms with Gasteiger partial charge < -0.3 is 14.6 Å². The van der Waals surface area contributed by atoms with Crippen molar-refractivity contribution in [2.75, 3.05) is 0 Å². The van der Waals surface area contributed by atoms with Gasteiger partial charge in [0.05, 0.1) is 5.60 Å². The molecule has 2 rings (SSSR count). The molecule has 1 aromatic heterocycles. The molecule has 0 fully saturated rings. The fourth-order valence-electron chi connectivity index (χ4n) is 1.81. The third-order valence-corrected chi connectivity index (χ3v) is 2.90. The largest absolute Gasteiger partial charge is 0.475 e. The Morgan fingerprint density at radius 2 is 1.90 bits per heavy atom. The number of oxazole rings is 1. The van der Waals surface area contributed by atoms with Crippen LogP contribution < -0.4 is 0 Å². The minimum Gasteiger partial charge on any atom is -0.475 e. The molecule has 0 saturated carbocycles. The molecule has 108 valence electrons. The third-order valence-electron chi connectivity index (χ3n) is 2.90. The summed E-state index contributed by atoms with van der Waals surface area (Å²) in [5.74, 6) is 3.92. The van der Waals surface area contributed by atoms with Gasteiger partial charge in [0.25, 0.3) is 0 Å². The van der Waals surface area contributed by atoms with Gasteiger partial charge in [-0.2, -0.15) is 4.98 Å². The van der Waals surface area contributed by atoms with Gasteiger partial charge in [-0.3, -0.25) is 0 Å². The van der Waals surface area contributed by atoms with Gasteiger partial charge in [0.1, 0.15) is 0 Å². The first-order chi connectivity index (χ1) is 9.82. The number of hydrogen-bond acceptors (Lipinski definition) is 4. The zero-order chi connectivity index (χ0) is 15.6. The highest BCUT2D eigenvalue weighted by Gasteiger charge is 2.20. The van der Waals surface area contributed by atoms with E-state index in [4.69, 9.17) is 9.52 Å². The SMILES string of the molecule is CC#Cc1nc(-c2ccc(C(C)(C)O)cc2)oc1C(=O)O. The summed E-state index contributed by atoms with van der Waals surface area (Å²) in [6, 6.07) is 6.91. The van der Waals surface area contributed by atoms with E-state index in [0.29, 0.717) is 5.56 Å². The van der Waals surface area contributed by atoms with Gasteiger partial charge in [-0.25, -0.2) is 4.79 Å². The summed E-state index contributed by atoms with van der Waals surface area (Å²) in [6.07, 6.45) is 0. The summed E-state index contributed by atoms with van der Waals surface area (Å²) < 4.78 is 5.26. The van der Waals surface area contributed by atoms with Crippen LogP contribution in [0.25, 0.3) is 11.5 Å². The third kappa shape index (κ3) is 3.12. The van der Waals surface area contributed by atoms with Gasteiger partial charge >= 0.3 is 5.97 Å². The number of carboxylic acid groups (broad SMARTS) is 1. The van der Waals surface area contributed by atoms with Crippen molar-refractivity contribution in [2.24, 2.45) is 0 Å². The van der Waals surface area contributed by atoms with Crippen LogP contribution in [0.3, 0.4) is 0 Å². The van der Waals surface area contributed by atoms with E-state index in [2.05, 4.69) is 16.8 Å². The number of rotatable bonds is 3. The summed E-state index contributed by atoms with van der Waals surface area (Å²) in [4.78, 5) is 15.2. The predicted molar refractivity (Wildman–Crippen MR) is 76.7 cm³/mol. The Bertz CT molecular complexity index is 724. The first-order valence-electron chi connectivity index (χ1n) is 6.33. The Labute approximate surface area is 122 Å². The molecule has 0 aliphatic rings. The average molecular weight is 285 g/mol. The molecule has 0 atom stereocenters. The normalized spacial score (nSPS) is 10.9. The second kappa shape index (κ2) is 5.43.